The highest BCUT2D eigenvalue weighted by molar-refractivity contribution is 5.68. The minimum absolute atomic E-state index is 0.168. The molecule has 1 aliphatic rings. The molecular weight excluding hydrogens is 244 g/mol. The molecule has 0 aromatic heterocycles. The zero-order valence-corrected chi connectivity index (χ0v) is 12.6. The molecule has 0 spiro atoms. The fourth-order valence-electron chi connectivity index (χ4n) is 2.34. The molecule has 1 saturated heterocycles. The van der Waals surface area contributed by atoms with Crippen LogP contribution in [0.2, 0.25) is 0 Å². The molecule has 0 radical (unpaired) electrons. The number of aliphatic hydroxyl groups excluding tert-OH is 1. The fraction of sp³-hybridized carbons (Fsp3) is 0.929. The average molecular weight is 272 g/mol. The first kappa shape index (κ1) is 16.2. The minimum atomic E-state index is -0.467. The Balaban J connectivity index is 2.42. The number of nitrogens with two attached hydrogens (primary N) is 1. The lowest BCUT2D eigenvalue weighted by Crippen LogP contribution is -2.47. The maximum atomic E-state index is 11.9. The molecule has 19 heavy (non-hydrogen) atoms. The summed E-state index contributed by atoms with van der Waals surface area (Å²) in [6.45, 7) is 8.83. The van der Waals surface area contributed by atoms with E-state index in [0.717, 1.165) is 19.3 Å². The summed E-state index contributed by atoms with van der Waals surface area (Å²) in [6.07, 6.45) is 1.61. The normalized spacial score (nSPS) is 21.1. The molecule has 0 bridgehead atoms. The Morgan fingerprint density at radius 2 is 1.95 bits per heavy atom. The molecule has 1 amide bonds. The number of carbonyl (C=O) groups excluding carboxylic acids is 1. The van der Waals surface area contributed by atoms with E-state index in [9.17, 15) is 9.90 Å². The third kappa shape index (κ3) is 4.99. The van der Waals surface area contributed by atoms with Crippen LogP contribution in [0.4, 0.5) is 4.79 Å². The SMILES string of the molecule is CCC(N)C(O)C1CCN(C(=O)OC(C)(C)C)CC1. The predicted octanol–water partition coefficient (Wildman–Crippen LogP) is 1.73. The molecule has 2 atom stereocenters. The number of ether oxygens (including phenoxy) is 1. The van der Waals surface area contributed by atoms with Crippen LogP contribution in [0, 0.1) is 5.92 Å². The van der Waals surface area contributed by atoms with Crippen molar-refractivity contribution in [3.8, 4) is 0 Å². The number of carbonyl (C=O) groups is 1. The fourth-order valence-corrected chi connectivity index (χ4v) is 2.34. The Morgan fingerprint density at radius 3 is 2.37 bits per heavy atom. The lowest BCUT2D eigenvalue weighted by atomic mass is 9.87. The molecule has 5 heteroatoms. The summed E-state index contributed by atoms with van der Waals surface area (Å²) >= 11 is 0. The Kier molecular flexibility index (Phi) is 5.62. The number of amides is 1. The van der Waals surface area contributed by atoms with Crippen molar-refractivity contribution in [1.82, 2.24) is 4.90 Å². The first-order valence-corrected chi connectivity index (χ1v) is 7.16. The van der Waals surface area contributed by atoms with Gasteiger partial charge in [0.1, 0.15) is 5.60 Å². The van der Waals surface area contributed by atoms with Crippen molar-refractivity contribution >= 4 is 6.09 Å². The molecular formula is C14H28N2O3. The highest BCUT2D eigenvalue weighted by Gasteiger charge is 2.31. The highest BCUT2D eigenvalue weighted by Crippen LogP contribution is 2.24. The van der Waals surface area contributed by atoms with Crippen LogP contribution >= 0.6 is 0 Å². The van der Waals surface area contributed by atoms with Crippen molar-refractivity contribution in [3.05, 3.63) is 0 Å². The molecule has 1 aliphatic heterocycles. The molecule has 1 fully saturated rings. The second kappa shape index (κ2) is 6.57. The summed E-state index contributed by atoms with van der Waals surface area (Å²) in [5.74, 6) is 0.189. The van der Waals surface area contributed by atoms with Crippen LogP contribution in [0.15, 0.2) is 0 Å². The Labute approximate surface area is 116 Å². The van der Waals surface area contributed by atoms with Crippen LogP contribution in [-0.2, 0) is 4.74 Å². The van der Waals surface area contributed by atoms with Crippen molar-refractivity contribution in [3.63, 3.8) is 0 Å². The van der Waals surface area contributed by atoms with Gasteiger partial charge in [0.25, 0.3) is 0 Å². The molecule has 112 valence electrons. The lowest BCUT2D eigenvalue weighted by Gasteiger charge is -2.36. The molecule has 1 rings (SSSR count). The number of hydrogen-bond donors (Lipinski definition) is 2. The third-order valence-electron chi connectivity index (χ3n) is 3.58. The number of rotatable bonds is 3. The molecule has 3 N–H and O–H groups in total. The van der Waals surface area contributed by atoms with E-state index in [-0.39, 0.29) is 18.1 Å². The second-order valence-electron chi connectivity index (χ2n) is 6.37. The van der Waals surface area contributed by atoms with Gasteiger partial charge in [-0.1, -0.05) is 6.92 Å². The molecule has 5 nitrogen and oxygen atoms in total. The van der Waals surface area contributed by atoms with Crippen LogP contribution in [-0.4, -0.2) is 46.9 Å². The van der Waals surface area contributed by atoms with E-state index in [1.165, 1.54) is 0 Å². The van der Waals surface area contributed by atoms with Gasteiger partial charge in [-0.05, 0) is 46.0 Å². The van der Waals surface area contributed by atoms with Crippen molar-refractivity contribution in [2.75, 3.05) is 13.1 Å². The van der Waals surface area contributed by atoms with Gasteiger partial charge in [-0.25, -0.2) is 4.79 Å². The van der Waals surface area contributed by atoms with Crippen molar-refractivity contribution < 1.29 is 14.6 Å². The van der Waals surface area contributed by atoms with Crippen LogP contribution in [0.3, 0.4) is 0 Å². The first-order chi connectivity index (χ1) is 8.74. The van der Waals surface area contributed by atoms with Crippen molar-refractivity contribution in [1.29, 1.82) is 0 Å². The minimum Gasteiger partial charge on any atom is -0.444 e. The zero-order valence-electron chi connectivity index (χ0n) is 12.6. The summed E-state index contributed by atoms with van der Waals surface area (Å²) < 4.78 is 5.34. The molecule has 0 aliphatic carbocycles. The van der Waals surface area contributed by atoms with Crippen LogP contribution in [0.1, 0.15) is 47.0 Å². The number of nitrogens with zero attached hydrogens (tertiary/aromatic N) is 1. The van der Waals surface area contributed by atoms with E-state index in [1.54, 1.807) is 4.90 Å². The van der Waals surface area contributed by atoms with E-state index in [4.69, 9.17) is 10.5 Å². The highest BCUT2D eigenvalue weighted by atomic mass is 16.6. The summed E-state index contributed by atoms with van der Waals surface area (Å²) in [7, 11) is 0. The van der Waals surface area contributed by atoms with Crippen LogP contribution in [0.5, 0.6) is 0 Å². The summed E-state index contributed by atoms with van der Waals surface area (Å²) in [4.78, 5) is 13.6. The summed E-state index contributed by atoms with van der Waals surface area (Å²) in [6, 6.07) is -0.168. The van der Waals surface area contributed by atoms with Gasteiger partial charge in [-0.15, -0.1) is 0 Å². The van der Waals surface area contributed by atoms with Crippen LogP contribution in [0.25, 0.3) is 0 Å². The number of piperidine rings is 1. The molecule has 0 saturated carbocycles. The Morgan fingerprint density at radius 1 is 1.42 bits per heavy atom. The standard InChI is InChI=1S/C14H28N2O3/c1-5-11(15)12(17)10-6-8-16(9-7-10)13(18)19-14(2,3)4/h10-12,17H,5-9,15H2,1-4H3. The van der Waals surface area contributed by atoms with Gasteiger partial charge in [0, 0.05) is 19.1 Å². The summed E-state index contributed by atoms with van der Waals surface area (Å²) in [5.41, 5.74) is 5.41. The lowest BCUT2D eigenvalue weighted by molar-refractivity contribution is 0.00406. The van der Waals surface area contributed by atoms with Gasteiger partial charge >= 0.3 is 6.09 Å². The van der Waals surface area contributed by atoms with Gasteiger partial charge in [-0.3, -0.25) is 0 Å². The maximum absolute atomic E-state index is 11.9. The largest absolute Gasteiger partial charge is 0.444 e. The monoisotopic (exact) mass is 272 g/mol. The topological polar surface area (TPSA) is 75.8 Å². The second-order valence-corrected chi connectivity index (χ2v) is 6.37. The van der Waals surface area contributed by atoms with Crippen LogP contribution < -0.4 is 5.73 Å². The van der Waals surface area contributed by atoms with Gasteiger partial charge in [0.05, 0.1) is 6.10 Å². The van der Waals surface area contributed by atoms with E-state index >= 15 is 0 Å². The van der Waals surface area contributed by atoms with Gasteiger partial charge in [0.2, 0.25) is 0 Å². The smallest absolute Gasteiger partial charge is 0.410 e. The Bertz CT molecular complexity index is 294. The maximum Gasteiger partial charge on any atom is 0.410 e. The van der Waals surface area contributed by atoms with Gasteiger partial charge in [-0.2, -0.15) is 0 Å². The van der Waals surface area contributed by atoms with Crippen molar-refractivity contribution in [2.45, 2.75) is 64.7 Å². The van der Waals surface area contributed by atoms with E-state index in [0.29, 0.717) is 13.1 Å². The first-order valence-electron chi connectivity index (χ1n) is 7.16. The molecule has 0 aromatic rings. The number of likely N-dealkylation sites (tertiary alicyclic amines) is 1. The number of hydrogen-bond acceptors (Lipinski definition) is 4. The van der Waals surface area contributed by atoms with Gasteiger partial charge in [0.15, 0.2) is 0 Å². The van der Waals surface area contributed by atoms with E-state index in [1.807, 2.05) is 27.7 Å². The molecule has 1 heterocycles. The molecule has 0 aromatic carbocycles. The van der Waals surface area contributed by atoms with Crippen molar-refractivity contribution in [2.24, 2.45) is 11.7 Å². The zero-order chi connectivity index (χ0) is 14.6. The van der Waals surface area contributed by atoms with E-state index < -0.39 is 11.7 Å². The molecule has 2 unspecified atom stereocenters. The average Bonchev–Trinajstić information content (AvgIpc) is 2.35. The quantitative estimate of drug-likeness (QED) is 0.820. The van der Waals surface area contributed by atoms with E-state index in [2.05, 4.69) is 0 Å². The number of aliphatic hydroxyl groups is 1. The summed E-state index contributed by atoms with van der Waals surface area (Å²) in [5, 5.41) is 10.1. The predicted molar refractivity (Wildman–Crippen MR) is 74.8 cm³/mol. The van der Waals surface area contributed by atoms with Gasteiger partial charge < -0.3 is 20.5 Å². The third-order valence-corrected chi connectivity index (χ3v) is 3.58. The Hall–Kier alpha value is -0.810.